The summed E-state index contributed by atoms with van der Waals surface area (Å²) in [4.78, 5) is 12.9. The number of nitrogens with zero attached hydrogens (tertiary/aromatic N) is 2. The van der Waals surface area contributed by atoms with Gasteiger partial charge in [0.25, 0.3) is 5.91 Å². The fraction of sp³-hybridized carbons (Fsp3) is 0.154. The number of hydrogen-bond donors (Lipinski definition) is 2. The van der Waals surface area contributed by atoms with Gasteiger partial charge in [-0.2, -0.15) is 18.3 Å². The molecule has 0 fully saturated rings. The van der Waals surface area contributed by atoms with Crippen LogP contribution in [0, 0.1) is 0 Å². The van der Waals surface area contributed by atoms with Gasteiger partial charge in [0.15, 0.2) is 11.4 Å². The van der Waals surface area contributed by atoms with E-state index in [0.717, 1.165) is 12.1 Å². The maximum absolute atomic E-state index is 12.9. The normalized spacial score (nSPS) is 11.0. The van der Waals surface area contributed by atoms with Gasteiger partial charge in [0, 0.05) is 17.1 Å². The van der Waals surface area contributed by atoms with E-state index in [1.54, 1.807) is 48.5 Å². The van der Waals surface area contributed by atoms with Crippen LogP contribution < -0.4 is 5.32 Å². The van der Waals surface area contributed by atoms with Crippen molar-refractivity contribution in [2.45, 2.75) is 26.6 Å². The van der Waals surface area contributed by atoms with Gasteiger partial charge in [-0.1, -0.05) is 73.4 Å². The summed E-state index contributed by atoms with van der Waals surface area (Å²) in [6.07, 6.45) is -4.45. The first kappa shape index (κ1) is 27.1. The Hall–Kier alpha value is -3.49. The largest absolute Gasteiger partial charge is 0.504 e. The van der Waals surface area contributed by atoms with Crippen molar-refractivity contribution in [2.24, 2.45) is 0 Å². The fourth-order valence-corrected chi connectivity index (χ4v) is 3.65. The van der Waals surface area contributed by atoms with E-state index in [9.17, 15) is 23.1 Å². The molecule has 0 aliphatic rings. The Bertz CT molecular complexity index is 1340. The Balaban J connectivity index is 0.00000176. The van der Waals surface area contributed by atoms with E-state index in [-0.39, 0.29) is 23.7 Å². The molecule has 10 heteroatoms. The first-order valence-electron chi connectivity index (χ1n) is 10.9. The molecular formula is C26H22Cl2F3N3O2. The molecule has 0 radical (unpaired) electrons. The predicted molar refractivity (Wildman–Crippen MR) is 135 cm³/mol. The highest BCUT2D eigenvalue weighted by Crippen LogP contribution is 2.36. The third-order valence-corrected chi connectivity index (χ3v) is 5.58. The molecule has 3 aromatic carbocycles. The molecule has 4 rings (SSSR count). The molecule has 2 N–H and O–H groups in total. The number of benzene rings is 3. The second-order valence-electron chi connectivity index (χ2n) is 7.29. The quantitative estimate of drug-likeness (QED) is 0.277. The topological polar surface area (TPSA) is 67.2 Å². The lowest BCUT2D eigenvalue weighted by molar-refractivity contribution is -0.137. The number of para-hydroxylation sites is 1. The average molecular weight is 536 g/mol. The highest BCUT2D eigenvalue weighted by molar-refractivity contribution is 6.32. The van der Waals surface area contributed by atoms with E-state index >= 15 is 0 Å². The first-order valence-corrected chi connectivity index (χ1v) is 11.7. The van der Waals surface area contributed by atoms with Crippen LogP contribution in [0.25, 0.3) is 16.9 Å². The van der Waals surface area contributed by atoms with E-state index < -0.39 is 17.6 Å². The maximum Gasteiger partial charge on any atom is 0.416 e. The van der Waals surface area contributed by atoms with Crippen LogP contribution in [0.1, 0.15) is 35.5 Å². The zero-order valence-electron chi connectivity index (χ0n) is 19.3. The van der Waals surface area contributed by atoms with Gasteiger partial charge in [-0.3, -0.25) is 4.79 Å². The summed E-state index contributed by atoms with van der Waals surface area (Å²) >= 11 is 12.3. The molecule has 188 valence electrons. The zero-order chi connectivity index (χ0) is 26.5. The zero-order valence-corrected chi connectivity index (χ0v) is 20.8. The van der Waals surface area contributed by atoms with Crippen LogP contribution in [0.4, 0.5) is 13.2 Å². The van der Waals surface area contributed by atoms with Crippen molar-refractivity contribution < 1.29 is 23.1 Å². The van der Waals surface area contributed by atoms with Crippen LogP contribution in [-0.4, -0.2) is 20.8 Å². The molecule has 0 spiro atoms. The average Bonchev–Trinajstić information content (AvgIpc) is 3.21. The highest BCUT2D eigenvalue weighted by atomic mass is 35.5. The summed E-state index contributed by atoms with van der Waals surface area (Å²) in [5.74, 6) is -1.09. The second kappa shape index (κ2) is 11.5. The smallest absolute Gasteiger partial charge is 0.416 e. The number of carbonyl (C=O) groups is 1. The van der Waals surface area contributed by atoms with Crippen LogP contribution in [0.3, 0.4) is 0 Å². The number of aromatic hydroxyl groups is 1. The lowest BCUT2D eigenvalue weighted by atomic mass is 10.1. The fourth-order valence-electron chi connectivity index (χ4n) is 3.30. The molecule has 36 heavy (non-hydrogen) atoms. The minimum atomic E-state index is -4.45. The van der Waals surface area contributed by atoms with Crippen LogP contribution in [0.15, 0.2) is 72.8 Å². The molecule has 0 bridgehead atoms. The van der Waals surface area contributed by atoms with Crippen LogP contribution in [0.5, 0.6) is 5.75 Å². The summed E-state index contributed by atoms with van der Waals surface area (Å²) in [5, 5.41) is 18.6. The monoisotopic (exact) mass is 535 g/mol. The Labute approximate surface area is 216 Å². The molecular weight excluding hydrogens is 514 g/mol. The molecule has 0 unspecified atom stereocenters. The predicted octanol–water partition coefficient (Wildman–Crippen LogP) is 7.53. The second-order valence-corrected chi connectivity index (χ2v) is 8.14. The molecule has 1 aromatic heterocycles. The molecule has 0 aliphatic heterocycles. The molecule has 1 amide bonds. The van der Waals surface area contributed by atoms with Crippen molar-refractivity contribution in [1.29, 1.82) is 0 Å². The maximum atomic E-state index is 12.9. The Morgan fingerprint density at radius 3 is 2.17 bits per heavy atom. The van der Waals surface area contributed by atoms with Gasteiger partial charge < -0.3 is 10.4 Å². The third-order valence-electron chi connectivity index (χ3n) is 5.01. The van der Waals surface area contributed by atoms with Crippen LogP contribution >= 0.6 is 23.2 Å². The number of rotatable bonds is 5. The molecule has 0 atom stereocenters. The number of carbonyl (C=O) groups excluding carboxylic acids is 1. The minimum absolute atomic E-state index is 0.0638. The van der Waals surface area contributed by atoms with Crippen molar-refractivity contribution in [1.82, 2.24) is 15.1 Å². The number of halogens is 5. The number of alkyl halides is 3. The molecule has 4 aromatic rings. The SMILES string of the molecule is CC.O=C(NCc1ccc(C(F)(F)F)cc1)c1nn(-c2ccccc2Cl)c(-c2ccc(Cl)cc2)c1O. The van der Waals surface area contributed by atoms with Crippen molar-refractivity contribution in [3.8, 4) is 22.7 Å². The molecule has 1 heterocycles. The van der Waals surface area contributed by atoms with Gasteiger partial charge in [0.05, 0.1) is 16.3 Å². The van der Waals surface area contributed by atoms with Crippen molar-refractivity contribution in [2.75, 3.05) is 0 Å². The van der Waals surface area contributed by atoms with E-state index in [4.69, 9.17) is 23.2 Å². The standard InChI is InChI=1S/C24H16Cl2F3N3O2.C2H6/c25-17-11-7-15(8-12-17)21-22(33)20(31-32(21)19-4-2-1-3-18(19)26)23(34)30-13-14-5-9-16(10-6-14)24(27,28)29;1-2/h1-12,33H,13H2,(H,30,34);1-2H3. The van der Waals surface area contributed by atoms with Crippen molar-refractivity contribution in [3.05, 3.63) is 99.7 Å². The van der Waals surface area contributed by atoms with E-state index in [2.05, 4.69) is 10.4 Å². The summed E-state index contributed by atoms with van der Waals surface area (Å²) in [6.45, 7) is 3.94. The molecule has 0 saturated heterocycles. The van der Waals surface area contributed by atoms with Crippen LogP contribution in [-0.2, 0) is 12.7 Å². The van der Waals surface area contributed by atoms with Crippen LogP contribution in [0.2, 0.25) is 10.0 Å². The molecule has 5 nitrogen and oxygen atoms in total. The Morgan fingerprint density at radius 2 is 1.58 bits per heavy atom. The van der Waals surface area contributed by atoms with Gasteiger partial charge in [-0.15, -0.1) is 0 Å². The van der Waals surface area contributed by atoms with Gasteiger partial charge >= 0.3 is 6.18 Å². The van der Waals surface area contributed by atoms with Crippen molar-refractivity contribution in [3.63, 3.8) is 0 Å². The third kappa shape index (κ3) is 6.01. The van der Waals surface area contributed by atoms with Gasteiger partial charge in [-0.25, -0.2) is 4.68 Å². The number of aromatic nitrogens is 2. The summed E-state index contributed by atoms with van der Waals surface area (Å²) in [7, 11) is 0. The number of hydrogen-bond acceptors (Lipinski definition) is 3. The summed E-state index contributed by atoms with van der Waals surface area (Å²) in [5.41, 5.74) is 0.596. The van der Waals surface area contributed by atoms with E-state index in [1.165, 1.54) is 16.8 Å². The van der Waals surface area contributed by atoms with E-state index in [1.807, 2.05) is 13.8 Å². The van der Waals surface area contributed by atoms with Gasteiger partial charge in [0.1, 0.15) is 5.69 Å². The lowest BCUT2D eigenvalue weighted by Crippen LogP contribution is -2.23. The van der Waals surface area contributed by atoms with Gasteiger partial charge in [0.2, 0.25) is 0 Å². The lowest BCUT2D eigenvalue weighted by Gasteiger charge is -2.09. The number of nitrogens with one attached hydrogen (secondary N) is 1. The summed E-state index contributed by atoms with van der Waals surface area (Å²) < 4.78 is 39.6. The first-order chi connectivity index (χ1) is 17.1. The van der Waals surface area contributed by atoms with Crippen molar-refractivity contribution >= 4 is 29.1 Å². The Morgan fingerprint density at radius 1 is 0.972 bits per heavy atom. The van der Waals surface area contributed by atoms with Gasteiger partial charge in [-0.05, 0) is 42.0 Å². The highest BCUT2D eigenvalue weighted by Gasteiger charge is 2.30. The molecule has 0 saturated carbocycles. The van der Waals surface area contributed by atoms with E-state index in [0.29, 0.717) is 26.9 Å². The minimum Gasteiger partial charge on any atom is -0.504 e. The number of amides is 1. The summed E-state index contributed by atoms with van der Waals surface area (Å²) in [6, 6.07) is 17.8. The molecule has 0 aliphatic carbocycles. The Kier molecular flexibility index (Phi) is 8.66.